The largest absolute Gasteiger partial charge is 0.490 e. The summed E-state index contributed by atoms with van der Waals surface area (Å²) in [5, 5.41) is 4.01. The van der Waals surface area contributed by atoms with Crippen LogP contribution < -0.4 is 15.0 Å². The molecule has 1 aliphatic rings. The van der Waals surface area contributed by atoms with Gasteiger partial charge < -0.3 is 15.0 Å². The second-order valence-electron chi connectivity index (χ2n) is 7.68. The molecule has 0 amide bonds. The Morgan fingerprint density at radius 1 is 1.10 bits per heavy atom. The molecule has 2 heterocycles. The van der Waals surface area contributed by atoms with Crippen LogP contribution in [-0.4, -0.2) is 34.9 Å². The Labute approximate surface area is 187 Å². The lowest BCUT2D eigenvalue weighted by molar-refractivity contribution is 0.101. The minimum absolute atomic E-state index is 0.0342. The number of nitrogens with one attached hydrogen (secondary N) is 1. The lowest BCUT2D eigenvalue weighted by Gasteiger charge is -2.33. The highest BCUT2D eigenvalue weighted by atomic mass is 35.5. The molecule has 0 bridgehead atoms. The van der Waals surface area contributed by atoms with Crippen molar-refractivity contribution in [2.45, 2.75) is 32.8 Å². The van der Waals surface area contributed by atoms with Gasteiger partial charge in [0, 0.05) is 48.3 Å². The number of carbonyl (C=O) groups excluding carboxylic acids is 1. The van der Waals surface area contributed by atoms with Crippen LogP contribution in [0, 0.1) is 6.92 Å². The van der Waals surface area contributed by atoms with Crippen molar-refractivity contribution in [2.75, 3.05) is 23.3 Å². The van der Waals surface area contributed by atoms with E-state index in [1.807, 2.05) is 55.5 Å². The maximum absolute atomic E-state index is 11.6. The number of hydrogen-bond acceptors (Lipinski definition) is 6. The summed E-state index contributed by atoms with van der Waals surface area (Å²) in [5.41, 5.74) is 1.49. The lowest BCUT2D eigenvalue weighted by Crippen LogP contribution is -2.38. The molecule has 6 nitrogen and oxygen atoms in total. The number of nitrogens with zero attached hydrogens (tertiary/aromatic N) is 3. The molecule has 160 valence electrons. The van der Waals surface area contributed by atoms with Crippen molar-refractivity contribution >= 4 is 34.7 Å². The first-order chi connectivity index (χ1) is 15.0. The topological polar surface area (TPSA) is 67.4 Å². The van der Waals surface area contributed by atoms with Crippen LogP contribution in [-0.2, 0) is 0 Å². The summed E-state index contributed by atoms with van der Waals surface area (Å²) in [6, 6.07) is 16.9. The van der Waals surface area contributed by atoms with Crippen LogP contribution in [0.2, 0.25) is 5.02 Å². The first kappa shape index (κ1) is 21.1. The predicted octanol–water partition coefficient (Wildman–Crippen LogP) is 5.43. The maximum Gasteiger partial charge on any atom is 0.159 e. The fourth-order valence-electron chi connectivity index (χ4n) is 3.65. The summed E-state index contributed by atoms with van der Waals surface area (Å²) in [6.45, 7) is 5.16. The molecule has 0 atom stereocenters. The zero-order valence-corrected chi connectivity index (χ0v) is 18.4. The van der Waals surface area contributed by atoms with Crippen LogP contribution in [0.25, 0.3) is 0 Å². The van der Waals surface area contributed by atoms with E-state index in [1.54, 1.807) is 13.0 Å². The molecule has 1 aliphatic heterocycles. The summed E-state index contributed by atoms with van der Waals surface area (Å²) >= 11 is 5.95. The van der Waals surface area contributed by atoms with Gasteiger partial charge in [0.1, 0.15) is 29.3 Å². The van der Waals surface area contributed by atoms with Crippen molar-refractivity contribution in [1.82, 2.24) is 9.97 Å². The number of aromatic nitrogens is 2. The van der Waals surface area contributed by atoms with Crippen molar-refractivity contribution in [3.63, 3.8) is 0 Å². The number of hydrogen-bond donors (Lipinski definition) is 1. The quantitative estimate of drug-likeness (QED) is 0.519. The zero-order valence-electron chi connectivity index (χ0n) is 17.6. The Bertz CT molecular complexity index is 1060. The van der Waals surface area contributed by atoms with Gasteiger partial charge in [-0.1, -0.05) is 23.7 Å². The number of anilines is 3. The van der Waals surface area contributed by atoms with E-state index in [9.17, 15) is 4.79 Å². The average Bonchev–Trinajstić information content (AvgIpc) is 2.76. The van der Waals surface area contributed by atoms with Gasteiger partial charge in [-0.15, -0.1) is 0 Å². The highest BCUT2D eigenvalue weighted by Gasteiger charge is 2.22. The molecule has 0 saturated carbocycles. The van der Waals surface area contributed by atoms with E-state index in [2.05, 4.69) is 20.2 Å². The molecular weight excluding hydrogens is 412 g/mol. The molecule has 4 rings (SSSR count). The summed E-state index contributed by atoms with van der Waals surface area (Å²) < 4.78 is 6.09. The monoisotopic (exact) mass is 436 g/mol. The van der Waals surface area contributed by atoms with Crippen molar-refractivity contribution in [1.29, 1.82) is 0 Å². The van der Waals surface area contributed by atoms with Gasteiger partial charge in [0.05, 0.1) is 0 Å². The molecule has 3 aromatic rings. The molecule has 1 saturated heterocycles. The summed E-state index contributed by atoms with van der Waals surface area (Å²) in [4.78, 5) is 23.0. The normalized spacial score (nSPS) is 14.4. The Morgan fingerprint density at radius 3 is 2.55 bits per heavy atom. The molecule has 7 heteroatoms. The number of Topliss-reactive ketones (excluding diaryl/α,β-unsaturated/α-hetero) is 1. The number of ether oxygens (including phenoxy) is 1. The average molecular weight is 437 g/mol. The smallest absolute Gasteiger partial charge is 0.159 e. The molecule has 0 aliphatic carbocycles. The van der Waals surface area contributed by atoms with E-state index in [4.69, 9.17) is 16.3 Å². The van der Waals surface area contributed by atoms with E-state index in [1.165, 1.54) is 0 Å². The van der Waals surface area contributed by atoms with Gasteiger partial charge in [0.15, 0.2) is 5.78 Å². The highest BCUT2D eigenvalue weighted by molar-refractivity contribution is 6.30. The maximum atomic E-state index is 11.6. The van der Waals surface area contributed by atoms with E-state index in [-0.39, 0.29) is 11.9 Å². The van der Waals surface area contributed by atoms with Crippen molar-refractivity contribution in [3.05, 3.63) is 71.0 Å². The highest BCUT2D eigenvalue weighted by Crippen LogP contribution is 2.25. The Hall–Kier alpha value is -3.12. The number of piperidine rings is 1. The van der Waals surface area contributed by atoms with Crippen LogP contribution in [0.3, 0.4) is 0 Å². The van der Waals surface area contributed by atoms with Gasteiger partial charge in [0.25, 0.3) is 0 Å². The van der Waals surface area contributed by atoms with Gasteiger partial charge in [-0.2, -0.15) is 0 Å². The fourth-order valence-corrected chi connectivity index (χ4v) is 3.78. The first-order valence-electron chi connectivity index (χ1n) is 10.4. The predicted molar refractivity (Wildman–Crippen MR) is 124 cm³/mol. The second kappa shape index (κ2) is 9.35. The molecule has 0 spiro atoms. The third-order valence-corrected chi connectivity index (χ3v) is 5.50. The Balaban J connectivity index is 1.41. The summed E-state index contributed by atoms with van der Waals surface area (Å²) in [6.07, 6.45) is 2.00. The van der Waals surface area contributed by atoms with E-state index < -0.39 is 0 Å². The van der Waals surface area contributed by atoms with Gasteiger partial charge >= 0.3 is 0 Å². The minimum atomic E-state index is 0.0342. The third kappa shape index (κ3) is 5.52. The molecule has 1 N–H and O–H groups in total. The SMILES string of the molecule is CC(=O)c1cccc(Nc2cc(N3CCC(Oc4ccc(Cl)cc4)CC3)nc(C)n2)c1. The van der Waals surface area contributed by atoms with E-state index in [0.717, 1.165) is 43.2 Å². The van der Waals surface area contributed by atoms with Crippen molar-refractivity contribution in [2.24, 2.45) is 0 Å². The number of aryl methyl sites for hydroxylation is 1. The Kier molecular flexibility index (Phi) is 6.37. The molecule has 0 radical (unpaired) electrons. The third-order valence-electron chi connectivity index (χ3n) is 5.25. The van der Waals surface area contributed by atoms with Gasteiger partial charge in [-0.3, -0.25) is 4.79 Å². The van der Waals surface area contributed by atoms with E-state index in [0.29, 0.717) is 22.2 Å². The van der Waals surface area contributed by atoms with Crippen LogP contribution in [0.5, 0.6) is 5.75 Å². The van der Waals surface area contributed by atoms with Crippen LogP contribution in [0.1, 0.15) is 35.9 Å². The second-order valence-corrected chi connectivity index (χ2v) is 8.12. The number of halogens is 1. The van der Waals surface area contributed by atoms with Gasteiger partial charge in [0.2, 0.25) is 0 Å². The van der Waals surface area contributed by atoms with Gasteiger partial charge in [-0.05, 0) is 50.2 Å². The molecule has 1 aromatic heterocycles. The van der Waals surface area contributed by atoms with E-state index >= 15 is 0 Å². The van der Waals surface area contributed by atoms with Gasteiger partial charge in [-0.25, -0.2) is 9.97 Å². The first-order valence-corrected chi connectivity index (χ1v) is 10.7. The summed E-state index contributed by atoms with van der Waals surface area (Å²) in [7, 11) is 0. The lowest BCUT2D eigenvalue weighted by atomic mass is 10.1. The number of rotatable bonds is 6. The molecule has 31 heavy (non-hydrogen) atoms. The molecular formula is C24H25ClN4O2. The number of benzene rings is 2. The zero-order chi connectivity index (χ0) is 21.8. The minimum Gasteiger partial charge on any atom is -0.490 e. The summed E-state index contributed by atoms with van der Waals surface area (Å²) in [5.74, 6) is 3.18. The molecule has 1 fully saturated rings. The van der Waals surface area contributed by atoms with Crippen LogP contribution >= 0.6 is 11.6 Å². The number of ketones is 1. The fraction of sp³-hybridized carbons (Fsp3) is 0.292. The van der Waals surface area contributed by atoms with Crippen LogP contribution in [0.15, 0.2) is 54.6 Å². The number of carbonyl (C=O) groups is 1. The van der Waals surface area contributed by atoms with Crippen LogP contribution in [0.4, 0.5) is 17.3 Å². The standard InChI is InChI=1S/C24H25ClN4O2/c1-16(30)18-4-3-5-20(14-18)28-23-15-24(27-17(2)26-23)29-12-10-22(11-13-29)31-21-8-6-19(25)7-9-21/h3-9,14-15,22H,10-13H2,1-2H3,(H,26,27,28). The van der Waals surface area contributed by atoms with Crippen molar-refractivity contribution in [3.8, 4) is 5.75 Å². The molecule has 0 unspecified atom stereocenters. The molecule has 2 aromatic carbocycles. The van der Waals surface area contributed by atoms with Crippen molar-refractivity contribution < 1.29 is 9.53 Å². The Morgan fingerprint density at radius 2 is 1.84 bits per heavy atom.